The van der Waals surface area contributed by atoms with Gasteiger partial charge in [0.15, 0.2) is 0 Å². The third-order valence-corrected chi connectivity index (χ3v) is 4.41. The summed E-state index contributed by atoms with van der Waals surface area (Å²) in [7, 11) is 1.55. The van der Waals surface area contributed by atoms with E-state index in [0.717, 1.165) is 0 Å². The van der Waals surface area contributed by atoms with Gasteiger partial charge >= 0.3 is 0 Å². The maximum Gasteiger partial charge on any atom is 0.255 e. The van der Waals surface area contributed by atoms with E-state index in [0.29, 0.717) is 38.6 Å². The average Bonchev–Trinajstić information content (AvgIpc) is 2.66. The minimum absolute atomic E-state index is 0.280. The highest BCUT2D eigenvalue weighted by Crippen LogP contribution is 2.31. The molecule has 7 heteroatoms. The summed E-state index contributed by atoms with van der Waals surface area (Å²) in [6, 6.07) is 15.7. The van der Waals surface area contributed by atoms with E-state index in [1.807, 2.05) is 12.1 Å². The summed E-state index contributed by atoms with van der Waals surface area (Å²) in [4.78, 5) is 16.7. The Hall–Kier alpha value is -2.76. The van der Waals surface area contributed by atoms with Crippen molar-refractivity contribution in [3.63, 3.8) is 0 Å². The Bertz CT molecular complexity index is 948. The van der Waals surface area contributed by atoms with Gasteiger partial charge in [0.05, 0.1) is 28.5 Å². The first-order chi connectivity index (χ1) is 12.6. The molecule has 3 aromatic rings. The van der Waals surface area contributed by atoms with E-state index in [2.05, 4.69) is 15.6 Å². The summed E-state index contributed by atoms with van der Waals surface area (Å²) in [6.07, 6.45) is 1.54. The quantitative estimate of drug-likeness (QED) is 0.615. The number of ether oxygens (including phenoxy) is 1. The van der Waals surface area contributed by atoms with Gasteiger partial charge in [-0.25, -0.2) is 4.98 Å². The first kappa shape index (κ1) is 18.0. The molecule has 0 bridgehead atoms. The Kier molecular flexibility index (Phi) is 5.61. The zero-order chi connectivity index (χ0) is 18.5. The molecule has 0 unspecified atom stereocenters. The van der Waals surface area contributed by atoms with Crippen LogP contribution in [0.1, 0.15) is 10.4 Å². The van der Waals surface area contributed by atoms with Crippen LogP contribution in [-0.4, -0.2) is 18.0 Å². The summed E-state index contributed by atoms with van der Waals surface area (Å²) in [6.45, 7) is 0. The molecule has 0 aliphatic rings. The Morgan fingerprint density at radius 3 is 2.62 bits per heavy atom. The molecule has 5 nitrogen and oxygen atoms in total. The van der Waals surface area contributed by atoms with Crippen LogP contribution >= 0.6 is 23.2 Å². The average molecular weight is 388 g/mol. The van der Waals surface area contributed by atoms with E-state index in [4.69, 9.17) is 27.9 Å². The van der Waals surface area contributed by atoms with Gasteiger partial charge in [0.1, 0.15) is 11.6 Å². The number of halogens is 2. The number of carbonyl (C=O) groups excluding carboxylic acids is 1. The molecule has 1 amide bonds. The van der Waals surface area contributed by atoms with Crippen LogP contribution < -0.4 is 15.4 Å². The molecule has 0 saturated carbocycles. The molecule has 2 aromatic carbocycles. The number of anilines is 3. The van der Waals surface area contributed by atoms with Crippen LogP contribution in [0, 0.1) is 0 Å². The van der Waals surface area contributed by atoms with Gasteiger partial charge in [-0.2, -0.15) is 0 Å². The lowest BCUT2D eigenvalue weighted by atomic mass is 10.2. The van der Waals surface area contributed by atoms with Crippen molar-refractivity contribution in [3.05, 3.63) is 76.4 Å². The number of nitrogens with zero attached hydrogens (tertiary/aromatic N) is 1. The second-order valence-corrected chi connectivity index (χ2v) is 6.10. The standard InChI is InChI=1S/C19H15Cl2N3O2/c1-26-16-8-3-2-6-14(16)24-19(25)12-9-10-22-17(11-12)23-15-7-4-5-13(20)18(15)21/h2-11H,1H3,(H,22,23)(H,24,25). The number of nitrogens with one attached hydrogen (secondary N) is 2. The number of hydrogen-bond donors (Lipinski definition) is 2. The van der Waals surface area contributed by atoms with E-state index in [1.165, 1.54) is 6.20 Å². The fraction of sp³-hybridized carbons (Fsp3) is 0.0526. The molecule has 3 rings (SSSR count). The van der Waals surface area contributed by atoms with E-state index < -0.39 is 0 Å². The molecule has 0 atom stereocenters. The number of amides is 1. The Morgan fingerprint density at radius 1 is 1.04 bits per heavy atom. The number of rotatable bonds is 5. The molecule has 26 heavy (non-hydrogen) atoms. The largest absolute Gasteiger partial charge is 0.495 e. The summed E-state index contributed by atoms with van der Waals surface area (Å²) in [5.74, 6) is 0.776. The van der Waals surface area contributed by atoms with Crippen molar-refractivity contribution in [2.24, 2.45) is 0 Å². The number of pyridine rings is 1. The highest BCUT2D eigenvalue weighted by Gasteiger charge is 2.11. The highest BCUT2D eigenvalue weighted by atomic mass is 35.5. The van der Waals surface area contributed by atoms with Crippen molar-refractivity contribution in [1.82, 2.24) is 4.98 Å². The van der Waals surface area contributed by atoms with Crippen molar-refractivity contribution in [3.8, 4) is 5.75 Å². The fourth-order valence-corrected chi connectivity index (χ4v) is 2.67. The summed E-state index contributed by atoms with van der Waals surface area (Å²) >= 11 is 12.2. The molecule has 1 aromatic heterocycles. The lowest BCUT2D eigenvalue weighted by Crippen LogP contribution is -2.13. The third-order valence-electron chi connectivity index (χ3n) is 3.59. The number of methoxy groups -OCH3 is 1. The lowest BCUT2D eigenvalue weighted by molar-refractivity contribution is 0.102. The maximum atomic E-state index is 12.5. The van der Waals surface area contributed by atoms with Crippen molar-refractivity contribution < 1.29 is 9.53 Å². The molecule has 0 aliphatic carbocycles. The van der Waals surface area contributed by atoms with Gasteiger partial charge in [-0.1, -0.05) is 41.4 Å². The topological polar surface area (TPSA) is 63.2 Å². The van der Waals surface area contributed by atoms with Crippen LogP contribution in [0.4, 0.5) is 17.2 Å². The van der Waals surface area contributed by atoms with Crippen molar-refractivity contribution in [2.45, 2.75) is 0 Å². The Balaban J connectivity index is 1.80. The first-order valence-electron chi connectivity index (χ1n) is 7.70. The van der Waals surface area contributed by atoms with Gasteiger partial charge in [-0.15, -0.1) is 0 Å². The predicted octanol–water partition coefficient (Wildman–Crippen LogP) is 5.39. The van der Waals surface area contributed by atoms with Crippen LogP contribution in [0.2, 0.25) is 10.0 Å². The molecule has 2 N–H and O–H groups in total. The molecule has 1 heterocycles. The second-order valence-electron chi connectivity index (χ2n) is 5.31. The molecule has 0 saturated heterocycles. The number of para-hydroxylation sites is 2. The van der Waals surface area contributed by atoms with Gasteiger partial charge in [-0.05, 0) is 36.4 Å². The third kappa shape index (κ3) is 4.07. The number of benzene rings is 2. The van der Waals surface area contributed by atoms with Crippen molar-refractivity contribution >= 4 is 46.3 Å². The number of aromatic nitrogens is 1. The predicted molar refractivity (Wildman–Crippen MR) is 105 cm³/mol. The van der Waals surface area contributed by atoms with Crippen LogP contribution in [0.15, 0.2) is 60.8 Å². The summed E-state index contributed by atoms with van der Waals surface area (Å²) < 4.78 is 5.24. The molecule has 0 radical (unpaired) electrons. The van der Waals surface area contributed by atoms with Gasteiger partial charge < -0.3 is 15.4 Å². The molecular formula is C19H15Cl2N3O2. The first-order valence-corrected chi connectivity index (χ1v) is 8.45. The number of hydrogen-bond acceptors (Lipinski definition) is 4. The monoisotopic (exact) mass is 387 g/mol. The SMILES string of the molecule is COc1ccccc1NC(=O)c1ccnc(Nc2cccc(Cl)c2Cl)c1. The summed E-state index contributed by atoms with van der Waals surface area (Å²) in [5, 5.41) is 6.71. The maximum absolute atomic E-state index is 12.5. The van der Waals surface area contributed by atoms with Gasteiger partial charge in [0.25, 0.3) is 5.91 Å². The molecule has 132 valence electrons. The summed E-state index contributed by atoms with van der Waals surface area (Å²) in [5.41, 5.74) is 1.63. The normalized spacial score (nSPS) is 10.3. The minimum atomic E-state index is -0.280. The number of carbonyl (C=O) groups is 1. The van der Waals surface area contributed by atoms with Gasteiger partial charge in [0, 0.05) is 11.8 Å². The van der Waals surface area contributed by atoms with Crippen LogP contribution in [-0.2, 0) is 0 Å². The zero-order valence-electron chi connectivity index (χ0n) is 13.8. The molecular weight excluding hydrogens is 373 g/mol. The smallest absolute Gasteiger partial charge is 0.255 e. The van der Waals surface area contributed by atoms with Gasteiger partial charge in [-0.3, -0.25) is 4.79 Å². The van der Waals surface area contributed by atoms with E-state index in [-0.39, 0.29) is 5.91 Å². The van der Waals surface area contributed by atoms with Crippen molar-refractivity contribution in [2.75, 3.05) is 17.7 Å². The molecule has 0 fully saturated rings. The Labute approximate surface area is 160 Å². The van der Waals surface area contributed by atoms with E-state index in [1.54, 1.807) is 49.6 Å². The van der Waals surface area contributed by atoms with Crippen LogP contribution in [0.25, 0.3) is 0 Å². The van der Waals surface area contributed by atoms with E-state index in [9.17, 15) is 4.79 Å². The lowest BCUT2D eigenvalue weighted by Gasteiger charge is -2.11. The minimum Gasteiger partial charge on any atom is -0.495 e. The zero-order valence-corrected chi connectivity index (χ0v) is 15.3. The molecule has 0 spiro atoms. The molecule has 0 aliphatic heterocycles. The second kappa shape index (κ2) is 8.08. The van der Waals surface area contributed by atoms with E-state index >= 15 is 0 Å². The van der Waals surface area contributed by atoms with Gasteiger partial charge in [0.2, 0.25) is 0 Å². The Morgan fingerprint density at radius 2 is 1.81 bits per heavy atom. The van der Waals surface area contributed by atoms with Crippen LogP contribution in [0.5, 0.6) is 5.75 Å². The fourth-order valence-electron chi connectivity index (χ4n) is 2.32. The van der Waals surface area contributed by atoms with Crippen LogP contribution in [0.3, 0.4) is 0 Å². The van der Waals surface area contributed by atoms with Crippen molar-refractivity contribution in [1.29, 1.82) is 0 Å². The highest BCUT2D eigenvalue weighted by molar-refractivity contribution is 6.43.